The van der Waals surface area contributed by atoms with Crippen LogP contribution in [0.5, 0.6) is 0 Å². The van der Waals surface area contributed by atoms with Crippen LogP contribution < -0.4 is 0 Å². The highest BCUT2D eigenvalue weighted by Gasteiger charge is 2.09. The van der Waals surface area contributed by atoms with Crippen LogP contribution in [0.2, 0.25) is 10.0 Å². The van der Waals surface area contributed by atoms with Crippen LogP contribution in [0.4, 0.5) is 0 Å². The molecule has 5 heteroatoms. The molecule has 1 N–H and O–H groups in total. The van der Waals surface area contributed by atoms with Crippen molar-refractivity contribution in [2.45, 2.75) is 0 Å². The average molecular weight is 253 g/mol. The number of H-pyrrole nitrogens is 1. The normalized spacial score (nSPS) is 11.1. The smallest absolute Gasteiger partial charge is 0.174 e. The monoisotopic (exact) mass is 252 g/mol. The molecule has 0 radical (unpaired) electrons. The molecule has 0 saturated heterocycles. The third kappa shape index (κ3) is 1.49. The Labute approximate surface area is 101 Å². The van der Waals surface area contributed by atoms with Gasteiger partial charge >= 0.3 is 0 Å². The van der Waals surface area contributed by atoms with E-state index in [0.29, 0.717) is 21.6 Å². The lowest BCUT2D eigenvalue weighted by Gasteiger charge is -1.93. The average Bonchev–Trinajstić information content (AvgIpc) is 2.86. The quantitative estimate of drug-likeness (QED) is 0.708. The minimum Gasteiger partial charge on any atom is -0.461 e. The van der Waals surface area contributed by atoms with E-state index in [9.17, 15) is 0 Å². The lowest BCUT2D eigenvalue weighted by molar-refractivity contribution is 0.578. The van der Waals surface area contributed by atoms with E-state index in [4.69, 9.17) is 27.6 Å². The first-order chi connectivity index (χ1) is 7.74. The van der Waals surface area contributed by atoms with E-state index in [1.807, 2.05) is 12.1 Å². The summed E-state index contributed by atoms with van der Waals surface area (Å²) in [6, 6.07) is 7.12. The van der Waals surface area contributed by atoms with Crippen LogP contribution in [0.25, 0.3) is 22.6 Å². The van der Waals surface area contributed by atoms with Crippen LogP contribution >= 0.6 is 23.2 Å². The number of nitrogens with one attached hydrogen (secondary N) is 1. The molecule has 0 fully saturated rings. The van der Waals surface area contributed by atoms with Crippen molar-refractivity contribution in [3.05, 3.63) is 40.6 Å². The molecule has 0 amide bonds. The van der Waals surface area contributed by atoms with Crippen LogP contribution in [0.15, 0.2) is 34.9 Å². The third-order valence-corrected chi connectivity index (χ3v) is 3.00. The van der Waals surface area contributed by atoms with E-state index in [1.165, 1.54) is 0 Å². The van der Waals surface area contributed by atoms with Gasteiger partial charge in [0.2, 0.25) is 0 Å². The molecule has 1 aromatic carbocycles. The molecule has 2 heterocycles. The first-order valence-electron chi connectivity index (χ1n) is 4.63. The van der Waals surface area contributed by atoms with Crippen LogP contribution in [-0.4, -0.2) is 9.97 Å². The molecule has 16 heavy (non-hydrogen) atoms. The van der Waals surface area contributed by atoms with Crippen molar-refractivity contribution >= 4 is 34.2 Å². The first-order valence-corrected chi connectivity index (χ1v) is 5.38. The fourth-order valence-electron chi connectivity index (χ4n) is 1.53. The van der Waals surface area contributed by atoms with Crippen molar-refractivity contribution < 1.29 is 4.42 Å². The molecule has 0 aliphatic carbocycles. The number of fused-ring (bicyclic) bond motifs is 1. The van der Waals surface area contributed by atoms with E-state index in [1.54, 1.807) is 18.4 Å². The molecule has 80 valence electrons. The molecule has 0 aliphatic rings. The summed E-state index contributed by atoms with van der Waals surface area (Å²) < 4.78 is 5.25. The number of aromatic nitrogens is 2. The Morgan fingerprint density at radius 3 is 2.75 bits per heavy atom. The van der Waals surface area contributed by atoms with Crippen molar-refractivity contribution in [1.29, 1.82) is 0 Å². The van der Waals surface area contributed by atoms with Crippen LogP contribution in [0.3, 0.4) is 0 Å². The van der Waals surface area contributed by atoms with E-state index in [-0.39, 0.29) is 0 Å². The van der Waals surface area contributed by atoms with Crippen LogP contribution in [0.1, 0.15) is 0 Å². The number of hydrogen-bond donors (Lipinski definition) is 1. The van der Waals surface area contributed by atoms with E-state index >= 15 is 0 Å². The minimum atomic E-state index is 0.492. The van der Waals surface area contributed by atoms with Gasteiger partial charge in [-0.1, -0.05) is 23.2 Å². The number of hydrogen-bond acceptors (Lipinski definition) is 2. The van der Waals surface area contributed by atoms with E-state index < -0.39 is 0 Å². The Balaban J connectivity index is 2.23. The zero-order valence-electron chi connectivity index (χ0n) is 8.00. The van der Waals surface area contributed by atoms with Gasteiger partial charge in [-0.3, -0.25) is 0 Å². The van der Waals surface area contributed by atoms with Gasteiger partial charge in [-0.2, -0.15) is 0 Å². The molecule has 3 nitrogen and oxygen atoms in total. The van der Waals surface area contributed by atoms with Gasteiger partial charge in [-0.25, -0.2) is 4.98 Å². The number of nitrogens with zero attached hydrogens (tertiary/aromatic N) is 1. The predicted octanol–water partition coefficient (Wildman–Crippen LogP) is 4.13. The Bertz CT molecular complexity index is 604. The number of benzene rings is 1. The lowest BCUT2D eigenvalue weighted by Crippen LogP contribution is -1.73. The number of furan rings is 1. The molecule has 0 bridgehead atoms. The van der Waals surface area contributed by atoms with Crippen molar-refractivity contribution in [2.24, 2.45) is 0 Å². The Hall–Kier alpha value is -1.45. The van der Waals surface area contributed by atoms with E-state index in [2.05, 4.69) is 9.97 Å². The van der Waals surface area contributed by atoms with Crippen molar-refractivity contribution in [2.75, 3.05) is 0 Å². The summed E-state index contributed by atoms with van der Waals surface area (Å²) in [6.45, 7) is 0. The second-order valence-electron chi connectivity index (χ2n) is 3.35. The highest BCUT2D eigenvalue weighted by atomic mass is 35.5. The number of halogens is 2. The number of rotatable bonds is 1. The summed E-state index contributed by atoms with van der Waals surface area (Å²) in [4.78, 5) is 7.48. The highest BCUT2D eigenvalue weighted by Crippen LogP contribution is 2.28. The minimum absolute atomic E-state index is 0.492. The summed E-state index contributed by atoms with van der Waals surface area (Å²) in [5, 5.41) is 0.996. The molecule has 0 spiro atoms. The first kappa shape index (κ1) is 9.75. The Morgan fingerprint density at radius 1 is 1.19 bits per heavy atom. The lowest BCUT2D eigenvalue weighted by atomic mass is 10.3. The van der Waals surface area contributed by atoms with Gasteiger partial charge in [0.1, 0.15) is 0 Å². The summed E-state index contributed by atoms with van der Waals surface area (Å²) in [6.07, 6.45) is 1.60. The van der Waals surface area contributed by atoms with Gasteiger partial charge in [0.25, 0.3) is 0 Å². The molecule has 0 saturated carbocycles. The molecule has 3 aromatic rings. The van der Waals surface area contributed by atoms with Crippen molar-refractivity contribution in [3.8, 4) is 11.6 Å². The second-order valence-corrected chi connectivity index (χ2v) is 4.16. The maximum absolute atomic E-state index is 5.92. The summed E-state index contributed by atoms with van der Waals surface area (Å²) >= 11 is 11.8. The SMILES string of the molecule is Clc1cc2nc(-c3ccco3)[nH]c2cc1Cl. The third-order valence-electron chi connectivity index (χ3n) is 2.28. The molecule has 0 atom stereocenters. The molecule has 0 unspecified atom stereocenters. The molecular weight excluding hydrogens is 247 g/mol. The van der Waals surface area contributed by atoms with E-state index in [0.717, 1.165) is 11.0 Å². The molecule has 0 aliphatic heterocycles. The largest absolute Gasteiger partial charge is 0.461 e. The van der Waals surface area contributed by atoms with Crippen molar-refractivity contribution in [3.63, 3.8) is 0 Å². The fraction of sp³-hybridized carbons (Fsp3) is 0. The molecule has 2 aromatic heterocycles. The van der Waals surface area contributed by atoms with Gasteiger partial charge < -0.3 is 9.40 Å². The van der Waals surface area contributed by atoms with Gasteiger partial charge in [0.15, 0.2) is 11.6 Å². The molecule has 3 rings (SSSR count). The standard InChI is InChI=1S/C11H6Cl2N2O/c12-6-4-8-9(5-7(6)13)15-11(14-8)10-2-1-3-16-10/h1-5H,(H,14,15). The molecular formula is C11H6Cl2N2O. The van der Waals surface area contributed by atoms with Crippen LogP contribution in [0, 0.1) is 0 Å². The van der Waals surface area contributed by atoms with Gasteiger partial charge in [-0.15, -0.1) is 0 Å². The van der Waals surface area contributed by atoms with Gasteiger partial charge in [-0.05, 0) is 24.3 Å². The Kier molecular flexibility index (Phi) is 2.16. The van der Waals surface area contributed by atoms with Crippen LogP contribution in [-0.2, 0) is 0 Å². The maximum atomic E-state index is 5.92. The summed E-state index contributed by atoms with van der Waals surface area (Å²) in [5.41, 5.74) is 1.60. The zero-order chi connectivity index (χ0) is 11.1. The van der Waals surface area contributed by atoms with Crippen molar-refractivity contribution in [1.82, 2.24) is 9.97 Å². The summed E-state index contributed by atoms with van der Waals surface area (Å²) in [5.74, 6) is 1.35. The number of aromatic amines is 1. The highest BCUT2D eigenvalue weighted by molar-refractivity contribution is 6.42. The number of imidazole rings is 1. The predicted molar refractivity (Wildman–Crippen MR) is 63.8 cm³/mol. The second kappa shape index (κ2) is 3.54. The fourth-order valence-corrected chi connectivity index (χ4v) is 1.86. The van der Waals surface area contributed by atoms with Gasteiger partial charge in [0, 0.05) is 0 Å². The summed E-state index contributed by atoms with van der Waals surface area (Å²) in [7, 11) is 0. The topological polar surface area (TPSA) is 41.8 Å². The Morgan fingerprint density at radius 2 is 2.00 bits per heavy atom. The zero-order valence-corrected chi connectivity index (χ0v) is 9.51. The van der Waals surface area contributed by atoms with Gasteiger partial charge in [0.05, 0.1) is 27.3 Å². The maximum Gasteiger partial charge on any atom is 0.174 e.